The topological polar surface area (TPSA) is 92.7 Å². The second kappa shape index (κ2) is 9.43. The second-order valence-electron chi connectivity index (χ2n) is 7.70. The van der Waals surface area contributed by atoms with E-state index in [1.54, 1.807) is 6.92 Å². The number of ether oxygens (including phenoxy) is 1. The predicted molar refractivity (Wildman–Crippen MR) is 117 cm³/mol. The molecule has 6 nitrogen and oxygen atoms in total. The van der Waals surface area contributed by atoms with Gasteiger partial charge >= 0.3 is 11.9 Å². The molecule has 2 atom stereocenters. The van der Waals surface area contributed by atoms with Gasteiger partial charge in [0.2, 0.25) is 5.91 Å². The first-order valence-corrected chi connectivity index (χ1v) is 11.1. The van der Waals surface area contributed by atoms with E-state index in [0.717, 1.165) is 29.5 Å². The fraction of sp³-hybridized carbons (Fsp3) is 0.435. The third kappa shape index (κ3) is 4.56. The molecule has 0 aliphatic heterocycles. The highest BCUT2D eigenvalue weighted by Crippen LogP contribution is 2.38. The van der Waals surface area contributed by atoms with Crippen molar-refractivity contribution in [2.45, 2.75) is 46.5 Å². The molecule has 0 radical (unpaired) electrons. The van der Waals surface area contributed by atoms with Crippen molar-refractivity contribution in [1.82, 2.24) is 0 Å². The van der Waals surface area contributed by atoms with Crippen LogP contribution in [0.2, 0.25) is 0 Å². The van der Waals surface area contributed by atoms with E-state index in [2.05, 4.69) is 5.32 Å². The number of carboxylic acids is 1. The summed E-state index contributed by atoms with van der Waals surface area (Å²) < 4.78 is 5.25. The molecule has 0 saturated heterocycles. The number of hydrogen-bond donors (Lipinski definition) is 2. The van der Waals surface area contributed by atoms with Crippen LogP contribution in [0.15, 0.2) is 23.6 Å². The molecule has 1 aliphatic carbocycles. The Labute approximate surface area is 180 Å². The number of thiophene rings is 1. The Morgan fingerprint density at radius 2 is 1.83 bits per heavy atom. The number of nitrogens with one attached hydrogen (secondary N) is 1. The van der Waals surface area contributed by atoms with Gasteiger partial charge in [-0.25, -0.2) is 4.79 Å². The lowest BCUT2D eigenvalue weighted by molar-refractivity contribution is -0.147. The fourth-order valence-corrected chi connectivity index (χ4v) is 4.88. The SMILES string of the molecule is CCOC(=O)c1c(-c2ccc(C)c(C)c2)csc1NC(=O)[C@H]1CCCC[C@H]1C(=O)O. The van der Waals surface area contributed by atoms with Crippen molar-refractivity contribution in [2.24, 2.45) is 11.8 Å². The molecule has 0 spiro atoms. The lowest BCUT2D eigenvalue weighted by atomic mass is 9.79. The van der Waals surface area contributed by atoms with Crippen molar-refractivity contribution >= 4 is 34.2 Å². The Kier molecular flexibility index (Phi) is 6.92. The number of hydrogen-bond acceptors (Lipinski definition) is 5. The number of benzene rings is 1. The summed E-state index contributed by atoms with van der Waals surface area (Å²) in [6.45, 7) is 5.98. The molecular weight excluding hydrogens is 402 g/mol. The minimum Gasteiger partial charge on any atom is -0.481 e. The zero-order valence-corrected chi connectivity index (χ0v) is 18.3. The number of rotatable bonds is 6. The third-order valence-corrected chi connectivity index (χ3v) is 6.64. The van der Waals surface area contributed by atoms with Gasteiger partial charge in [0.25, 0.3) is 0 Å². The minimum atomic E-state index is -0.942. The van der Waals surface area contributed by atoms with Crippen LogP contribution in [0.5, 0.6) is 0 Å². The van der Waals surface area contributed by atoms with E-state index in [-0.39, 0.29) is 12.5 Å². The van der Waals surface area contributed by atoms with E-state index in [1.807, 2.05) is 37.4 Å². The van der Waals surface area contributed by atoms with Gasteiger partial charge in [-0.05, 0) is 50.3 Å². The Hall–Kier alpha value is -2.67. The number of amides is 1. The van der Waals surface area contributed by atoms with Crippen molar-refractivity contribution in [2.75, 3.05) is 11.9 Å². The first-order valence-electron chi connectivity index (χ1n) is 10.2. The van der Waals surface area contributed by atoms with Gasteiger partial charge in [-0.2, -0.15) is 0 Å². The summed E-state index contributed by atoms with van der Waals surface area (Å²) in [6, 6.07) is 5.95. The van der Waals surface area contributed by atoms with E-state index in [9.17, 15) is 19.5 Å². The largest absolute Gasteiger partial charge is 0.481 e. The van der Waals surface area contributed by atoms with E-state index in [1.165, 1.54) is 11.3 Å². The average molecular weight is 430 g/mol. The lowest BCUT2D eigenvalue weighted by Crippen LogP contribution is -2.36. The summed E-state index contributed by atoms with van der Waals surface area (Å²) in [5.41, 5.74) is 4.15. The molecular formula is C23H27NO5S. The summed E-state index contributed by atoms with van der Waals surface area (Å²) in [7, 11) is 0. The highest BCUT2D eigenvalue weighted by molar-refractivity contribution is 7.15. The van der Waals surface area contributed by atoms with Gasteiger partial charge in [0, 0.05) is 10.9 Å². The zero-order valence-electron chi connectivity index (χ0n) is 17.5. The van der Waals surface area contributed by atoms with Crippen LogP contribution in [-0.2, 0) is 14.3 Å². The monoisotopic (exact) mass is 429 g/mol. The van der Waals surface area contributed by atoms with Gasteiger partial charge < -0.3 is 15.2 Å². The third-order valence-electron chi connectivity index (χ3n) is 5.75. The lowest BCUT2D eigenvalue weighted by Gasteiger charge is -2.27. The molecule has 1 heterocycles. The molecule has 1 aromatic heterocycles. The summed E-state index contributed by atoms with van der Waals surface area (Å²) >= 11 is 1.26. The maximum atomic E-state index is 12.9. The number of anilines is 1. The molecule has 160 valence electrons. The van der Waals surface area contributed by atoms with Gasteiger partial charge in [-0.3, -0.25) is 9.59 Å². The smallest absolute Gasteiger partial charge is 0.341 e. The highest BCUT2D eigenvalue weighted by Gasteiger charge is 2.36. The van der Waals surface area contributed by atoms with Gasteiger partial charge in [-0.15, -0.1) is 11.3 Å². The highest BCUT2D eigenvalue weighted by atomic mass is 32.1. The van der Waals surface area contributed by atoms with Crippen LogP contribution in [-0.4, -0.2) is 29.6 Å². The first kappa shape index (κ1) is 22.0. The van der Waals surface area contributed by atoms with Gasteiger partial charge in [0.15, 0.2) is 0 Å². The summed E-state index contributed by atoms with van der Waals surface area (Å²) in [6.07, 6.45) is 2.67. The van der Waals surface area contributed by atoms with Crippen LogP contribution >= 0.6 is 11.3 Å². The molecule has 0 unspecified atom stereocenters. The molecule has 1 amide bonds. The minimum absolute atomic E-state index is 0.220. The average Bonchev–Trinajstić information content (AvgIpc) is 3.13. The Morgan fingerprint density at radius 1 is 1.13 bits per heavy atom. The first-order chi connectivity index (χ1) is 14.3. The number of carboxylic acid groups (broad SMARTS) is 1. The van der Waals surface area contributed by atoms with E-state index in [0.29, 0.717) is 29.0 Å². The maximum Gasteiger partial charge on any atom is 0.341 e. The van der Waals surface area contributed by atoms with Crippen LogP contribution < -0.4 is 5.32 Å². The number of aryl methyl sites for hydroxylation is 2. The number of carbonyl (C=O) groups excluding carboxylic acids is 2. The molecule has 1 fully saturated rings. The van der Waals surface area contributed by atoms with Crippen LogP contribution in [0.25, 0.3) is 11.1 Å². The van der Waals surface area contributed by atoms with Crippen LogP contribution in [0, 0.1) is 25.7 Å². The summed E-state index contributed by atoms with van der Waals surface area (Å²) in [4.78, 5) is 37.3. The summed E-state index contributed by atoms with van der Waals surface area (Å²) in [5.74, 6) is -3.08. The molecule has 2 aromatic rings. The molecule has 3 rings (SSSR count). The molecule has 1 aromatic carbocycles. The second-order valence-corrected chi connectivity index (χ2v) is 8.58. The van der Waals surface area contributed by atoms with Crippen molar-refractivity contribution in [3.63, 3.8) is 0 Å². The van der Waals surface area contributed by atoms with Crippen molar-refractivity contribution in [1.29, 1.82) is 0 Å². The van der Waals surface area contributed by atoms with Crippen LogP contribution in [0.1, 0.15) is 54.1 Å². The van der Waals surface area contributed by atoms with Crippen LogP contribution in [0.3, 0.4) is 0 Å². The molecule has 7 heteroatoms. The number of aliphatic carboxylic acids is 1. The van der Waals surface area contributed by atoms with Crippen molar-refractivity contribution < 1.29 is 24.2 Å². The van der Waals surface area contributed by atoms with E-state index < -0.39 is 23.8 Å². The molecule has 1 aliphatic rings. The molecule has 30 heavy (non-hydrogen) atoms. The van der Waals surface area contributed by atoms with Crippen LogP contribution in [0.4, 0.5) is 5.00 Å². The quantitative estimate of drug-likeness (QED) is 0.628. The van der Waals surface area contributed by atoms with E-state index >= 15 is 0 Å². The Balaban J connectivity index is 1.95. The van der Waals surface area contributed by atoms with E-state index in [4.69, 9.17) is 4.74 Å². The fourth-order valence-electron chi connectivity index (χ4n) is 3.92. The standard InChI is InChI=1S/C23H27NO5S/c1-4-29-23(28)19-18(15-10-9-13(2)14(3)11-15)12-30-21(19)24-20(25)16-7-5-6-8-17(16)22(26)27/h9-12,16-17H,4-8H2,1-3H3,(H,24,25)(H,26,27)/t16-,17+/m0/s1. The Bertz CT molecular complexity index is 964. The molecule has 0 bridgehead atoms. The van der Waals surface area contributed by atoms with Gasteiger partial charge in [0.05, 0.1) is 18.4 Å². The maximum absolute atomic E-state index is 12.9. The Morgan fingerprint density at radius 3 is 2.47 bits per heavy atom. The van der Waals surface area contributed by atoms with Gasteiger partial charge in [-0.1, -0.05) is 31.0 Å². The molecule has 2 N–H and O–H groups in total. The normalized spacial score (nSPS) is 18.6. The number of carbonyl (C=O) groups is 3. The predicted octanol–water partition coefficient (Wildman–Crippen LogP) is 5.04. The molecule has 1 saturated carbocycles. The summed E-state index contributed by atoms with van der Waals surface area (Å²) in [5, 5.41) is 14.6. The number of esters is 1. The zero-order chi connectivity index (χ0) is 21.8. The van der Waals surface area contributed by atoms with Gasteiger partial charge in [0.1, 0.15) is 10.6 Å². The van der Waals surface area contributed by atoms with Crippen molar-refractivity contribution in [3.05, 3.63) is 40.3 Å². The van der Waals surface area contributed by atoms with Crippen molar-refractivity contribution in [3.8, 4) is 11.1 Å².